The molecule has 0 aromatic heterocycles. The van der Waals surface area contributed by atoms with E-state index in [4.69, 9.17) is 12.2 Å². The Balaban J connectivity index is 3.64. The SMILES string of the molecule is C#CCC/C(C)=N/NC(N)=O. The van der Waals surface area contributed by atoms with E-state index in [9.17, 15) is 4.79 Å². The van der Waals surface area contributed by atoms with Gasteiger partial charge in [0.15, 0.2) is 0 Å². The van der Waals surface area contributed by atoms with Crippen LogP contribution in [0.15, 0.2) is 5.10 Å². The van der Waals surface area contributed by atoms with Crippen molar-refractivity contribution in [3.63, 3.8) is 0 Å². The molecule has 0 aliphatic rings. The third-order valence-electron chi connectivity index (χ3n) is 0.988. The third kappa shape index (κ3) is 6.38. The number of carbonyl (C=O) groups is 1. The average Bonchev–Trinajstić information content (AvgIpc) is 1.97. The smallest absolute Gasteiger partial charge is 0.332 e. The fourth-order valence-electron chi connectivity index (χ4n) is 0.459. The molecular formula is C7H11N3O. The number of primary amides is 1. The van der Waals surface area contributed by atoms with Gasteiger partial charge >= 0.3 is 6.03 Å². The molecule has 0 unspecified atom stereocenters. The lowest BCUT2D eigenvalue weighted by Crippen LogP contribution is -2.25. The summed E-state index contributed by atoms with van der Waals surface area (Å²) in [6, 6.07) is -0.662. The van der Waals surface area contributed by atoms with Gasteiger partial charge in [0.25, 0.3) is 0 Å². The van der Waals surface area contributed by atoms with Crippen molar-refractivity contribution in [2.45, 2.75) is 19.8 Å². The molecule has 2 amide bonds. The molecule has 0 saturated carbocycles. The number of hydrogen-bond acceptors (Lipinski definition) is 2. The summed E-state index contributed by atoms with van der Waals surface area (Å²) >= 11 is 0. The number of terminal acetylenes is 1. The Morgan fingerprint density at radius 2 is 2.45 bits per heavy atom. The number of urea groups is 1. The van der Waals surface area contributed by atoms with Gasteiger partial charge in [0.05, 0.1) is 0 Å². The highest BCUT2D eigenvalue weighted by Gasteiger charge is 1.90. The fraction of sp³-hybridized carbons (Fsp3) is 0.429. The molecule has 0 aromatic carbocycles. The predicted octanol–water partition coefficient (Wildman–Crippen LogP) is 0.444. The van der Waals surface area contributed by atoms with Crippen LogP contribution in [-0.4, -0.2) is 11.7 Å². The van der Waals surface area contributed by atoms with Gasteiger partial charge in [-0.15, -0.1) is 12.3 Å². The Morgan fingerprint density at radius 1 is 1.82 bits per heavy atom. The molecule has 0 bridgehead atoms. The largest absolute Gasteiger partial charge is 0.350 e. The first kappa shape index (κ1) is 9.50. The molecule has 4 heteroatoms. The lowest BCUT2D eigenvalue weighted by molar-refractivity contribution is 0.249. The Bertz CT molecular complexity index is 202. The van der Waals surface area contributed by atoms with Crippen molar-refractivity contribution in [1.82, 2.24) is 5.43 Å². The summed E-state index contributed by atoms with van der Waals surface area (Å²) in [5, 5.41) is 3.66. The standard InChI is InChI=1S/C7H11N3O/c1-3-4-5-6(2)9-10-7(8)11/h1H,4-5H2,2H3,(H3,8,10,11)/b9-6+. The van der Waals surface area contributed by atoms with E-state index in [2.05, 4.69) is 16.4 Å². The summed E-state index contributed by atoms with van der Waals surface area (Å²) in [4.78, 5) is 10.1. The summed E-state index contributed by atoms with van der Waals surface area (Å²) in [7, 11) is 0. The van der Waals surface area contributed by atoms with Crippen LogP contribution in [0.5, 0.6) is 0 Å². The number of hydrogen-bond donors (Lipinski definition) is 2. The van der Waals surface area contributed by atoms with Crippen molar-refractivity contribution in [1.29, 1.82) is 0 Å². The Labute approximate surface area is 65.8 Å². The highest BCUT2D eigenvalue weighted by Crippen LogP contribution is 1.88. The minimum Gasteiger partial charge on any atom is -0.350 e. The monoisotopic (exact) mass is 153 g/mol. The second-order valence-electron chi connectivity index (χ2n) is 2.03. The zero-order valence-electron chi connectivity index (χ0n) is 6.42. The molecule has 0 heterocycles. The van der Waals surface area contributed by atoms with Crippen molar-refractivity contribution in [3.05, 3.63) is 0 Å². The summed E-state index contributed by atoms with van der Waals surface area (Å²) < 4.78 is 0. The maximum atomic E-state index is 10.1. The van der Waals surface area contributed by atoms with Crippen LogP contribution < -0.4 is 11.2 Å². The van der Waals surface area contributed by atoms with Gasteiger partial charge in [-0.05, 0) is 13.3 Å². The van der Waals surface area contributed by atoms with Gasteiger partial charge in [-0.25, -0.2) is 10.2 Å². The van der Waals surface area contributed by atoms with Gasteiger partial charge in [0.1, 0.15) is 0 Å². The molecular weight excluding hydrogens is 142 g/mol. The van der Waals surface area contributed by atoms with E-state index in [0.717, 1.165) is 5.71 Å². The Morgan fingerprint density at radius 3 is 2.91 bits per heavy atom. The van der Waals surface area contributed by atoms with E-state index < -0.39 is 6.03 Å². The molecule has 0 rings (SSSR count). The van der Waals surface area contributed by atoms with E-state index >= 15 is 0 Å². The fourth-order valence-corrected chi connectivity index (χ4v) is 0.459. The second-order valence-corrected chi connectivity index (χ2v) is 2.03. The summed E-state index contributed by atoms with van der Waals surface area (Å²) in [6.07, 6.45) is 6.31. The topological polar surface area (TPSA) is 67.5 Å². The van der Waals surface area contributed by atoms with E-state index in [1.807, 2.05) is 0 Å². The quantitative estimate of drug-likeness (QED) is 0.345. The first-order valence-corrected chi connectivity index (χ1v) is 3.19. The molecule has 0 fully saturated rings. The van der Waals surface area contributed by atoms with E-state index in [1.54, 1.807) is 6.92 Å². The summed E-state index contributed by atoms with van der Waals surface area (Å²) in [5.41, 5.74) is 7.65. The minimum atomic E-state index is -0.662. The Hall–Kier alpha value is -1.50. The molecule has 11 heavy (non-hydrogen) atoms. The van der Waals surface area contributed by atoms with Crippen LogP contribution in [0.3, 0.4) is 0 Å². The predicted molar refractivity (Wildman–Crippen MR) is 43.9 cm³/mol. The van der Waals surface area contributed by atoms with Gasteiger partial charge in [-0.3, -0.25) is 0 Å². The zero-order chi connectivity index (χ0) is 8.69. The van der Waals surface area contributed by atoms with Crippen molar-refractivity contribution in [3.8, 4) is 12.3 Å². The van der Waals surface area contributed by atoms with E-state index in [1.165, 1.54) is 0 Å². The average molecular weight is 153 g/mol. The maximum Gasteiger partial charge on any atom is 0.332 e. The number of carbonyl (C=O) groups excluding carboxylic acids is 1. The van der Waals surface area contributed by atoms with Crippen LogP contribution >= 0.6 is 0 Å². The van der Waals surface area contributed by atoms with Crippen molar-refractivity contribution in [2.75, 3.05) is 0 Å². The Kier molecular flexibility index (Phi) is 4.58. The molecule has 0 spiro atoms. The van der Waals surface area contributed by atoms with Gasteiger partial charge in [-0.2, -0.15) is 5.10 Å². The zero-order valence-corrected chi connectivity index (χ0v) is 6.42. The maximum absolute atomic E-state index is 10.1. The van der Waals surface area contributed by atoms with Crippen LogP contribution in [0.2, 0.25) is 0 Å². The number of nitrogens with two attached hydrogens (primary N) is 1. The van der Waals surface area contributed by atoms with Crippen LogP contribution in [0, 0.1) is 12.3 Å². The van der Waals surface area contributed by atoms with Crippen LogP contribution in [-0.2, 0) is 0 Å². The lowest BCUT2D eigenvalue weighted by atomic mass is 10.2. The minimum absolute atomic E-state index is 0.621. The number of nitrogens with zero attached hydrogens (tertiary/aromatic N) is 1. The summed E-state index contributed by atoms with van der Waals surface area (Å²) in [6.45, 7) is 1.77. The van der Waals surface area contributed by atoms with Gasteiger partial charge in [0.2, 0.25) is 0 Å². The van der Waals surface area contributed by atoms with Gasteiger partial charge in [-0.1, -0.05) is 0 Å². The first-order chi connectivity index (χ1) is 5.16. The van der Waals surface area contributed by atoms with E-state index in [0.29, 0.717) is 12.8 Å². The number of rotatable bonds is 3. The third-order valence-corrected chi connectivity index (χ3v) is 0.988. The number of nitrogens with one attached hydrogen (secondary N) is 1. The molecule has 0 aliphatic carbocycles. The van der Waals surface area contributed by atoms with Gasteiger partial charge in [0, 0.05) is 12.1 Å². The molecule has 0 saturated heterocycles. The van der Waals surface area contributed by atoms with Crippen molar-refractivity contribution >= 4 is 11.7 Å². The molecule has 60 valence electrons. The van der Waals surface area contributed by atoms with Crippen LogP contribution in [0.4, 0.5) is 4.79 Å². The molecule has 0 radical (unpaired) electrons. The molecule has 0 aromatic rings. The lowest BCUT2D eigenvalue weighted by Gasteiger charge is -1.95. The van der Waals surface area contributed by atoms with Crippen LogP contribution in [0.1, 0.15) is 19.8 Å². The highest BCUT2D eigenvalue weighted by atomic mass is 16.2. The normalized spacial score (nSPS) is 10.4. The van der Waals surface area contributed by atoms with Crippen LogP contribution in [0.25, 0.3) is 0 Å². The van der Waals surface area contributed by atoms with Crippen molar-refractivity contribution in [2.24, 2.45) is 10.8 Å². The number of hydrazone groups is 1. The molecule has 4 nitrogen and oxygen atoms in total. The first-order valence-electron chi connectivity index (χ1n) is 3.19. The summed E-state index contributed by atoms with van der Waals surface area (Å²) in [5.74, 6) is 2.46. The second kappa shape index (κ2) is 5.30. The van der Waals surface area contributed by atoms with E-state index in [-0.39, 0.29) is 0 Å². The number of amides is 2. The molecule has 0 aliphatic heterocycles. The van der Waals surface area contributed by atoms with Crippen molar-refractivity contribution < 1.29 is 4.79 Å². The highest BCUT2D eigenvalue weighted by molar-refractivity contribution is 5.83. The molecule has 3 N–H and O–H groups in total. The van der Waals surface area contributed by atoms with Gasteiger partial charge < -0.3 is 5.73 Å². The molecule has 0 atom stereocenters.